The van der Waals surface area contributed by atoms with Gasteiger partial charge in [0.2, 0.25) is 11.2 Å². The Morgan fingerprint density at radius 2 is 1.68 bits per heavy atom. The molecule has 0 spiro atoms. The molecule has 19 heavy (non-hydrogen) atoms. The Hall–Kier alpha value is -2.48. The van der Waals surface area contributed by atoms with Gasteiger partial charge in [-0.15, -0.1) is 0 Å². The third-order valence-electron chi connectivity index (χ3n) is 3.27. The number of hydrogen-bond acceptors (Lipinski definition) is 1. The maximum absolute atomic E-state index is 4.02. The molecule has 0 atom stereocenters. The molecule has 0 saturated carbocycles. The van der Waals surface area contributed by atoms with Crippen molar-refractivity contribution in [3.63, 3.8) is 0 Å². The summed E-state index contributed by atoms with van der Waals surface area (Å²) < 4.78 is 2.20. The van der Waals surface area contributed by atoms with Gasteiger partial charge in [-0.05, 0) is 35.9 Å². The van der Waals surface area contributed by atoms with Gasteiger partial charge < -0.3 is 0 Å². The maximum Gasteiger partial charge on any atom is 0.212 e. The largest absolute Gasteiger partial charge is 0.265 e. The smallest absolute Gasteiger partial charge is 0.212 e. The fourth-order valence-corrected chi connectivity index (χ4v) is 2.18. The summed E-state index contributed by atoms with van der Waals surface area (Å²) in [6, 6.07) is 16.7. The van der Waals surface area contributed by atoms with Crippen molar-refractivity contribution in [2.45, 2.75) is 0 Å². The van der Waals surface area contributed by atoms with Gasteiger partial charge >= 0.3 is 0 Å². The topological polar surface area (TPSA) is 16.8 Å². The Balaban J connectivity index is 2.02. The number of rotatable bonds is 2. The number of para-hydroxylation sites is 1. The molecule has 1 aromatic carbocycles. The van der Waals surface area contributed by atoms with Crippen molar-refractivity contribution >= 4 is 23.1 Å². The Kier molecular flexibility index (Phi) is 3.07. The van der Waals surface area contributed by atoms with Gasteiger partial charge in [0.1, 0.15) is 7.05 Å². The second-order valence-corrected chi connectivity index (χ2v) is 4.49. The van der Waals surface area contributed by atoms with E-state index in [0.717, 1.165) is 5.56 Å². The van der Waals surface area contributed by atoms with Crippen LogP contribution < -0.4 is 4.57 Å². The van der Waals surface area contributed by atoms with Crippen molar-refractivity contribution in [1.82, 2.24) is 4.98 Å². The van der Waals surface area contributed by atoms with E-state index in [4.69, 9.17) is 0 Å². The van der Waals surface area contributed by atoms with E-state index in [2.05, 4.69) is 65.1 Å². The third-order valence-corrected chi connectivity index (χ3v) is 3.27. The molecule has 3 aromatic rings. The van der Waals surface area contributed by atoms with Crippen LogP contribution in [0.25, 0.3) is 23.1 Å². The van der Waals surface area contributed by atoms with Crippen LogP contribution in [0.15, 0.2) is 60.9 Å². The minimum absolute atomic E-state index is 1.16. The van der Waals surface area contributed by atoms with Crippen LogP contribution in [0.2, 0.25) is 0 Å². The standard InChI is InChI=1S/C17H15N2/c1-19-16(8-6-14-10-12-18-13-11-14)9-7-15-4-2-3-5-17(15)19/h2-13H,1H3/q+1/b8-6+. The summed E-state index contributed by atoms with van der Waals surface area (Å²) in [4.78, 5) is 4.02. The van der Waals surface area contributed by atoms with E-state index < -0.39 is 0 Å². The number of aryl methyl sites for hydroxylation is 1. The van der Waals surface area contributed by atoms with Gasteiger partial charge in [0.05, 0.1) is 0 Å². The van der Waals surface area contributed by atoms with Gasteiger partial charge in [-0.1, -0.05) is 12.1 Å². The van der Waals surface area contributed by atoms with Crippen molar-refractivity contribution in [3.8, 4) is 0 Å². The van der Waals surface area contributed by atoms with Crippen LogP contribution in [0.3, 0.4) is 0 Å². The highest BCUT2D eigenvalue weighted by Crippen LogP contribution is 2.11. The van der Waals surface area contributed by atoms with Gasteiger partial charge in [0.15, 0.2) is 0 Å². The summed E-state index contributed by atoms with van der Waals surface area (Å²) in [5, 5.41) is 1.26. The molecule has 0 unspecified atom stereocenters. The van der Waals surface area contributed by atoms with Crippen molar-refractivity contribution in [3.05, 3.63) is 72.2 Å². The van der Waals surface area contributed by atoms with Gasteiger partial charge in [-0.2, -0.15) is 4.57 Å². The highest BCUT2D eigenvalue weighted by atomic mass is 14.9. The van der Waals surface area contributed by atoms with E-state index >= 15 is 0 Å². The van der Waals surface area contributed by atoms with Crippen molar-refractivity contribution in [2.75, 3.05) is 0 Å². The molecule has 0 bridgehead atoms. The minimum Gasteiger partial charge on any atom is -0.265 e. The van der Waals surface area contributed by atoms with Crippen LogP contribution in [0.4, 0.5) is 0 Å². The lowest BCUT2D eigenvalue weighted by Crippen LogP contribution is -2.32. The number of aromatic nitrogens is 2. The van der Waals surface area contributed by atoms with Crippen LogP contribution in [0, 0.1) is 0 Å². The van der Waals surface area contributed by atoms with E-state index in [0.29, 0.717) is 0 Å². The van der Waals surface area contributed by atoms with Crippen molar-refractivity contribution < 1.29 is 4.57 Å². The van der Waals surface area contributed by atoms with Gasteiger partial charge in [0.25, 0.3) is 0 Å². The molecule has 92 valence electrons. The predicted molar refractivity (Wildman–Crippen MR) is 78.3 cm³/mol. The Bertz CT molecular complexity index is 731. The zero-order valence-corrected chi connectivity index (χ0v) is 10.8. The quantitative estimate of drug-likeness (QED) is 0.635. The van der Waals surface area contributed by atoms with E-state index in [1.165, 1.54) is 16.6 Å². The molecule has 0 aliphatic carbocycles. The van der Waals surface area contributed by atoms with Crippen molar-refractivity contribution in [2.24, 2.45) is 7.05 Å². The Morgan fingerprint density at radius 3 is 2.53 bits per heavy atom. The van der Waals surface area contributed by atoms with E-state index in [1.807, 2.05) is 12.1 Å². The first kappa shape index (κ1) is 11.6. The van der Waals surface area contributed by atoms with E-state index in [-0.39, 0.29) is 0 Å². The molecule has 3 rings (SSSR count). The van der Waals surface area contributed by atoms with Crippen LogP contribution in [0.5, 0.6) is 0 Å². The molecule has 0 saturated heterocycles. The predicted octanol–water partition coefficient (Wildman–Crippen LogP) is 3.23. The van der Waals surface area contributed by atoms with E-state index in [1.54, 1.807) is 12.4 Å². The van der Waals surface area contributed by atoms with Gasteiger partial charge in [-0.3, -0.25) is 4.98 Å². The Morgan fingerprint density at radius 1 is 0.895 bits per heavy atom. The molecular formula is C17H15N2+. The number of hydrogen-bond donors (Lipinski definition) is 0. The van der Waals surface area contributed by atoms with Crippen LogP contribution >= 0.6 is 0 Å². The summed E-state index contributed by atoms with van der Waals surface area (Å²) in [5.74, 6) is 0. The number of nitrogens with zero attached hydrogens (tertiary/aromatic N) is 2. The van der Waals surface area contributed by atoms with Crippen molar-refractivity contribution in [1.29, 1.82) is 0 Å². The SMILES string of the molecule is C[n+]1c(/C=C/c2ccncc2)ccc2ccccc21. The number of benzene rings is 1. The Labute approximate surface area is 112 Å². The number of pyridine rings is 2. The number of fused-ring (bicyclic) bond motifs is 1. The molecular weight excluding hydrogens is 232 g/mol. The molecule has 0 fully saturated rings. The molecule has 0 amide bonds. The fourth-order valence-electron chi connectivity index (χ4n) is 2.18. The van der Waals surface area contributed by atoms with Gasteiger partial charge in [0, 0.05) is 36.0 Å². The molecule has 2 nitrogen and oxygen atoms in total. The summed E-state index contributed by atoms with van der Waals surface area (Å²) in [7, 11) is 2.09. The first-order valence-corrected chi connectivity index (χ1v) is 6.30. The fraction of sp³-hybridized carbons (Fsp3) is 0.0588. The zero-order valence-electron chi connectivity index (χ0n) is 10.8. The summed E-state index contributed by atoms with van der Waals surface area (Å²) in [6.07, 6.45) is 7.84. The normalized spacial score (nSPS) is 11.2. The van der Waals surface area contributed by atoms with Crippen LogP contribution in [-0.2, 0) is 7.05 Å². The molecule has 2 heteroatoms. The average Bonchev–Trinajstić information content (AvgIpc) is 2.48. The van der Waals surface area contributed by atoms with E-state index in [9.17, 15) is 0 Å². The first-order chi connectivity index (χ1) is 9.34. The van der Waals surface area contributed by atoms with Crippen LogP contribution in [0.1, 0.15) is 11.3 Å². The lowest BCUT2D eigenvalue weighted by Gasteiger charge is -1.99. The average molecular weight is 247 g/mol. The molecule has 0 N–H and O–H groups in total. The summed E-state index contributed by atoms with van der Waals surface area (Å²) >= 11 is 0. The maximum atomic E-state index is 4.02. The zero-order chi connectivity index (χ0) is 13.1. The molecule has 0 radical (unpaired) electrons. The third kappa shape index (κ3) is 2.38. The summed E-state index contributed by atoms with van der Waals surface area (Å²) in [6.45, 7) is 0. The second kappa shape index (κ2) is 5.02. The molecule has 0 aliphatic rings. The minimum atomic E-state index is 1.16. The highest BCUT2D eigenvalue weighted by Gasteiger charge is 2.07. The molecule has 2 aromatic heterocycles. The monoisotopic (exact) mass is 247 g/mol. The molecule has 0 aliphatic heterocycles. The van der Waals surface area contributed by atoms with Crippen LogP contribution in [-0.4, -0.2) is 4.98 Å². The first-order valence-electron chi connectivity index (χ1n) is 6.30. The summed E-state index contributed by atoms with van der Waals surface area (Å²) in [5.41, 5.74) is 3.57. The lowest BCUT2D eigenvalue weighted by atomic mass is 10.1. The lowest BCUT2D eigenvalue weighted by molar-refractivity contribution is -0.646. The highest BCUT2D eigenvalue weighted by molar-refractivity contribution is 5.77. The molecule has 2 heterocycles. The second-order valence-electron chi connectivity index (χ2n) is 4.49. The van der Waals surface area contributed by atoms with Gasteiger partial charge in [-0.25, -0.2) is 0 Å².